The van der Waals surface area contributed by atoms with E-state index < -0.39 is 31.5 Å². The molecule has 2 aliphatic carbocycles. The first-order chi connectivity index (χ1) is 17.9. The van der Waals surface area contributed by atoms with E-state index in [1.807, 2.05) is 0 Å². The summed E-state index contributed by atoms with van der Waals surface area (Å²) >= 11 is -4.01. The van der Waals surface area contributed by atoms with Crippen molar-refractivity contribution in [3.05, 3.63) is 110 Å². The van der Waals surface area contributed by atoms with Crippen molar-refractivity contribution in [3.8, 4) is 11.1 Å². The summed E-state index contributed by atoms with van der Waals surface area (Å²) in [6.45, 7) is 11.3. The van der Waals surface area contributed by atoms with E-state index >= 15 is 0 Å². The van der Waals surface area contributed by atoms with Gasteiger partial charge >= 0.3 is 230 Å². The molecule has 0 amide bonds. The molecule has 0 bridgehead atoms. The molecule has 211 valence electrons. The van der Waals surface area contributed by atoms with Crippen LogP contribution in [0.2, 0.25) is 0 Å². The Hall–Kier alpha value is -1.74. The van der Waals surface area contributed by atoms with E-state index in [-0.39, 0.29) is 39.8 Å². The Bertz CT molecular complexity index is 1450. The van der Waals surface area contributed by atoms with E-state index in [4.69, 9.17) is 4.21 Å². The Balaban J connectivity index is 0.00000220. The molecule has 0 saturated heterocycles. The van der Waals surface area contributed by atoms with E-state index in [0.717, 1.165) is 16.1 Å². The van der Waals surface area contributed by atoms with Crippen molar-refractivity contribution >= 4 is 7.48 Å². The minimum Gasteiger partial charge on any atom is -1.00 e. The molecule has 6 heteroatoms. The molecule has 0 spiro atoms. The van der Waals surface area contributed by atoms with Crippen LogP contribution in [-0.2, 0) is 26.0 Å². The summed E-state index contributed by atoms with van der Waals surface area (Å²) < 4.78 is 48.7. The van der Waals surface area contributed by atoms with Gasteiger partial charge in [-0.1, -0.05) is 0 Å². The zero-order valence-corrected chi connectivity index (χ0v) is 27.6. The molecule has 40 heavy (non-hydrogen) atoms. The first-order valence-corrected chi connectivity index (χ1v) is 19.2. The molecule has 3 aromatic rings. The largest absolute Gasteiger partial charge is 1.00 e. The maximum Gasteiger partial charge on any atom is -1.00 e. The van der Waals surface area contributed by atoms with Gasteiger partial charge in [0.1, 0.15) is 0 Å². The molecule has 0 N–H and O–H groups in total. The SMILES string of the molecule is [CH2]=[Zr+2]([C]1=C(CC)C(C(C)(C)C)=CC1CC)([c]1ccc(C(F)(F)F)cc1)[CH]1c2ccccc2-c2ccccc21.[Cl-].[Cl-]. The molecular weight excluding hydrogens is 627 g/mol. The molecule has 0 aliphatic heterocycles. The quantitative estimate of drug-likeness (QED) is 0.393. The van der Waals surface area contributed by atoms with Crippen LogP contribution in [-0.4, -0.2) is 4.21 Å². The Morgan fingerprint density at radius 3 is 1.70 bits per heavy atom. The van der Waals surface area contributed by atoms with Crippen LogP contribution in [0.25, 0.3) is 11.1 Å². The molecule has 2 aliphatic rings. The average Bonchev–Trinajstić information content (AvgIpc) is 3.44. The van der Waals surface area contributed by atoms with Crippen LogP contribution in [0.5, 0.6) is 0 Å². The molecule has 2 unspecified atom stereocenters. The fourth-order valence-electron chi connectivity index (χ4n) is 6.88. The topological polar surface area (TPSA) is 0 Å². The van der Waals surface area contributed by atoms with Gasteiger partial charge in [-0.2, -0.15) is 0 Å². The summed E-state index contributed by atoms with van der Waals surface area (Å²) in [5, 5.41) is 0. The minimum atomic E-state index is -4.36. The number of rotatable bonds is 5. The number of fused-ring (bicyclic) bond motifs is 3. The van der Waals surface area contributed by atoms with Crippen molar-refractivity contribution in [1.82, 2.24) is 0 Å². The van der Waals surface area contributed by atoms with Gasteiger partial charge in [0.15, 0.2) is 0 Å². The smallest absolute Gasteiger partial charge is 1.00 e. The minimum absolute atomic E-state index is 0. The van der Waals surface area contributed by atoms with Crippen molar-refractivity contribution in [2.75, 3.05) is 0 Å². The molecule has 5 rings (SSSR count). The molecule has 0 radical (unpaired) electrons. The Kier molecular flexibility index (Phi) is 9.72. The van der Waals surface area contributed by atoms with E-state index in [0.29, 0.717) is 0 Å². The summed E-state index contributed by atoms with van der Waals surface area (Å²) in [6, 6.07) is 23.2. The third kappa shape index (κ3) is 5.30. The van der Waals surface area contributed by atoms with Gasteiger partial charge in [0, 0.05) is 0 Å². The second kappa shape index (κ2) is 11.9. The second-order valence-corrected chi connectivity index (χ2v) is 20.7. The van der Waals surface area contributed by atoms with E-state index in [9.17, 15) is 13.2 Å². The molecule has 0 nitrogen and oxygen atoms in total. The molecule has 2 atom stereocenters. The molecule has 0 saturated carbocycles. The van der Waals surface area contributed by atoms with Crippen molar-refractivity contribution in [2.45, 2.75) is 57.3 Å². The summed E-state index contributed by atoms with van der Waals surface area (Å²) in [6.07, 6.45) is -0.0382. The Morgan fingerprint density at radius 2 is 1.27 bits per heavy atom. The molecule has 0 fully saturated rings. The first kappa shape index (κ1) is 32.8. The predicted molar refractivity (Wildman–Crippen MR) is 151 cm³/mol. The summed E-state index contributed by atoms with van der Waals surface area (Å²) in [5.74, 6) is 0.259. The number of alkyl halides is 3. The van der Waals surface area contributed by atoms with Crippen LogP contribution in [0, 0.1) is 11.3 Å². The number of hydrogen-bond acceptors (Lipinski definition) is 0. The van der Waals surface area contributed by atoms with E-state index in [1.54, 1.807) is 12.1 Å². The molecule has 0 heterocycles. The number of benzene rings is 3. The maximum absolute atomic E-state index is 13.6. The zero-order valence-electron chi connectivity index (χ0n) is 23.7. The molecular formula is C34H36Cl2F3Zr. The van der Waals surface area contributed by atoms with Crippen molar-refractivity contribution < 1.29 is 57.8 Å². The molecule has 0 aromatic heterocycles. The van der Waals surface area contributed by atoms with Gasteiger partial charge in [-0.3, -0.25) is 0 Å². The van der Waals surface area contributed by atoms with Gasteiger partial charge < -0.3 is 24.8 Å². The van der Waals surface area contributed by atoms with Crippen molar-refractivity contribution in [3.63, 3.8) is 0 Å². The Morgan fingerprint density at radius 1 is 0.775 bits per heavy atom. The first-order valence-electron chi connectivity index (χ1n) is 13.6. The number of allylic oxidation sites excluding steroid dienone is 4. The van der Waals surface area contributed by atoms with Crippen molar-refractivity contribution in [2.24, 2.45) is 11.3 Å². The zero-order chi connectivity index (χ0) is 27.5. The van der Waals surface area contributed by atoms with Gasteiger partial charge in [-0.05, 0) is 0 Å². The van der Waals surface area contributed by atoms with Crippen LogP contribution in [0.1, 0.15) is 67.8 Å². The maximum atomic E-state index is 13.6. The van der Waals surface area contributed by atoms with Gasteiger partial charge in [0.2, 0.25) is 0 Å². The standard InChI is InChI=1S/C13H9.C13H21.C7H4F3.CH2.2ClH.Zr/c1-3-7-12-10(5-1)9-11-6-2-4-8-13(11)12;1-6-10-8-11(7-2)12(9-10)13(3,4)5;8-7(9,10)6-4-2-1-3-5-6;;;;/h1-9H;9-10H,6-7H2,1-5H3;2-5H;1H2;2*1H;/q;;;;;;+2/p-2. The fourth-order valence-corrected chi connectivity index (χ4v) is 19.4. The van der Waals surface area contributed by atoms with Crippen LogP contribution in [0.15, 0.2) is 93.3 Å². The third-order valence-corrected chi connectivity index (χ3v) is 19.8. The molecule has 3 aromatic carbocycles. The fraction of sp³-hybridized carbons (Fsp3) is 0.324. The second-order valence-electron chi connectivity index (χ2n) is 11.7. The third-order valence-electron chi connectivity index (χ3n) is 8.52. The van der Waals surface area contributed by atoms with Crippen LogP contribution >= 0.6 is 0 Å². The van der Waals surface area contributed by atoms with Gasteiger partial charge in [0.25, 0.3) is 0 Å². The number of hydrogen-bond donors (Lipinski definition) is 0. The van der Waals surface area contributed by atoms with Gasteiger partial charge in [0.05, 0.1) is 0 Å². The predicted octanol–water partition coefficient (Wildman–Crippen LogP) is 3.37. The Labute approximate surface area is 253 Å². The van der Waals surface area contributed by atoms with Gasteiger partial charge in [-0.15, -0.1) is 0 Å². The van der Waals surface area contributed by atoms with Crippen LogP contribution < -0.4 is 28.1 Å². The van der Waals surface area contributed by atoms with E-state index in [2.05, 4.69) is 89.2 Å². The summed E-state index contributed by atoms with van der Waals surface area (Å²) in [4.78, 5) is 0. The normalized spacial score (nSPS) is 17.5. The van der Waals surface area contributed by atoms with Crippen LogP contribution in [0.4, 0.5) is 13.2 Å². The number of halogens is 5. The van der Waals surface area contributed by atoms with Crippen molar-refractivity contribution in [1.29, 1.82) is 0 Å². The monoisotopic (exact) mass is 661 g/mol. The van der Waals surface area contributed by atoms with Crippen LogP contribution in [0.3, 0.4) is 0 Å². The summed E-state index contributed by atoms with van der Waals surface area (Å²) in [5.41, 5.74) is 7.20. The van der Waals surface area contributed by atoms with E-state index in [1.165, 1.54) is 48.8 Å². The van der Waals surface area contributed by atoms with Gasteiger partial charge in [-0.25, -0.2) is 0 Å². The summed E-state index contributed by atoms with van der Waals surface area (Å²) in [7, 11) is 0. The average molecular weight is 664 g/mol.